The Morgan fingerprint density at radius 1 is 0.818 bits per heavy atom. The predicted octanol–water partition coefficient (Wildman–Crippen LogP) is 14.9. The number of allylic oxidation sites excluding steroid dienone is 1. The van der Waals surface area contributed by atoms with Crippen molar-refractivity contribution in [2.24, 2.45) is 22.9 Å². The highest BCUT2D eigenvalue weighted by Gasteiger charge is 2.66. The Balaban J connectivity index is 1.26. The maximum atomic E-state index is 15.4. The molecule has 13 heteroatoms. The van der Waals surface area contributed by atoms with Crippen LogP contribution >= 0.6 is 0 Å². The molecule has 5 aromatic carbocycles. The van der Waals surface area contributed by atoms with Gasteiger partial charge in [-0.25, -0.2) is 4.79 Å². The van der Waals surface area contributed by atoms with Crippen molar-refractivity contribution in [3.05, 3.63) is 166 Å². The van der Waals surface area contributed by atoms with Gasteiger partial charge < -0.3 is 34.0 Å². The first kappa shape index (κ1) is 56.7. The van der Waals surface area contributed by atoms with E-state index in [9.17, 15) is 20.3 Å². The molecule has 1 heterocycles. The number of nitro benzene ring substituents is 1. The lowest BCUT2D eigenvalue weighted by molar-refractivity contribution is -0.384. The molecule has 8 rings (SSSR count). The molecule has 0 aromatic heterocycles. The Kier molecular flexibility index (Phi) is 21.1. The lowest BCUT2D eigenvalue weighted by atomic mass is 9.55. The Morgan fingerprint density at radius 2 is 1.52 bits per heavy atom. The van der Waals surface area contributed by atoms with Crippen molar-refractivity contribution in [2.75, 3.05) is 26.4 Å². The van der Waals surface area contributed by atoms with Crippen LogP contribution in [-0.2, 0) is 27.5 Å². The van der Waals surface area contributed by atoms with Gasteiger partial charge in [-0.05, 0) is 95.7 Å². The molecule has 1 aliphatic heterocycles. The number of amides is 1. The summed E-state index contributed by atoms with van der Waals surface area (Å²) >= 11 is 0. The van der Waals surface area contributed by atoms with Gasteiger partial charge in [0.2, 0.25) is 5.79 Å². The molecule has 0 spiro atoms. The molecule has 0 bridgehead atoms. The van der Waals surface area contributed by atoms with Crippen LogP contribution in [0.25, 0.3) is 10.8 Å². The fourth-order valence-corrected chi connectivity index (χ4v) is 12.0. The van der Waals surface area contributed by atoms with Crippen molar-refractivity contribution in [3.8, 4) is 17.2 Å². The molecule has 410 valence electrons. The number of unbranched alkanes of at least 4 members (excludes halogenated alkanes) is 11. The number of aliphatic hydroxyl groups excluding tert-OH is 2. The van der Waals surface area contributed by atoms with Crippen LogP contribution in [0.4, 0.5) is 10.5 Å². The van der Waals surface area contributed by atoms with Crippen molar-refractivity contribution in [1.82, 2.24) is 4.90 Å². The van der Waals surface area contributed by atoms with Crippen LogP contribution in [0, 0.1) is 27.9 Å². The standard InChI is InChI=1S/C64H79N3O10/c1-3-5-6-7-8-9-10-11-12-22-40-73-63(70)66(45-50-30-23-29-48-27-16-17-33-54(48)50)60-44-58(65-75-46-47-25-14-13-15-26-47)56-41-49(28-18-20-37-68)55(34-19-21-38-69)61-57-43-53(76-52-32-24-31-51(42-52)67(71)72)35-36-59(57)77-64(60,62(56)61)74-39-4-2/h4,13-17,23-27,29-33,35-36,41-43,49,55,60-62,68-69H,2-3,5-12,18-22,28,34,37-40,44-46H2,1H3/t49-,55+,60-,61+,62+,64+/m0/s1. The van der Waals surface area contributed by atoms with Gasteiger partial charge in [-0.1, -0.05) is 174 Å². The van der Waals surface area contributed by atoms with Crippen LogP contribution in [0.2, 0.25) is 0 Å². The van der Waals surface area contributed by atoms with Crippen LogP contribution in [0.5, 0.6) is 17.2 Å². The van der Waals surface area contributed by atoms with Crippen molar-refractivity contribution < 1.29 is 43.7 Å². The van der Waals surface area contributed by atoms with Gasteiger partial charge in [0.25, 0.3) is 5.69 Å². The molecule has 2 N–H and O–H groups in total. The number of fused-ring (bicyclic) bond motifs is 3. The van der Waals surface area contributed by atoms with Crippen molar-refractivity contribution in [1.29, 1.82) is 0 Å². The lowest BCUT2D eigenvalue weighted by Gasteiger charge is -2.59. The monoisotopic (exact) mass is 1050 g/mol. The zero-order valence-corrected chi connectivity index (χ0v) is 45.0. The summed E-state index contributed by atoms with van der Waals surface area (Å²) in [6.45, 7) is 7.23. The molecule has 0 unspecified atom stereocenters. The third kappa shape index (κ3) is 14.3. The number of oxime groups is 1. The molecule has 5 aromatic rings. The van der Waals surface area contributed by atoms with Gasteiger partial charge in [-0.3, -0.25) is 15.0 Å². The van der Waals surface area contributed by atoms with Crippen LogP contribution in [0.1, 0.15) is 139 Å². The van der Waals surface area contributed by atoms with Gasteiger partial charge in [-0.15, -0.1) is 6.58 Å². The third-order valence-corrected chi connectivity index (χ3v) is 15.7. The van der Waals surface area contributed by atoms with Crippen LogP contribution in [-0.4, -0.2) is 70.1 Å². The van der Waals surface area contributed by atoms with E-state index in [1.807, 2.05) is 60.7 Å². The van der Waals surface area contributed by atoms with Crippen molar-refractivity contribution in [3.63, 3.8) is 0 Å². The van der Waals surface area contributed by atoms with Gasteiger partial charge in [0.05, 0.1) is 42.4 Å². The van der Waals surface area contributed by atoms with Gasteiger partial charge in [0.15, 0.2) is 0 Å². The molecule has 77 heavy (non-hydrogen) atoms. The number of non-ortho nitro benzene ring substituents is 1. The van der Waals surface area contributed by atoms with Gasteiger partial charge in [-0.2, -0.15) is 0 Å². The molecule has 1 fully saturated rings. The SMILES string of the molecule is C=CCO[C@@]12Oc3ccc(Oc4cccc([N+](=O)[O-])c4)cc3[C@H]3[C@H](CCCCO)[C@@H](CCCCO)C=C(C(=NOCc4ccccc4)C[C@@H]1N(Cc1cccc4ccccc14)C(=O)OCCCCCCCCCCCC)[C@H]32. The normalized spacial score (nSPS) is 20.8. The van der Waals surface area contributed by atoms with E-state index in [0.29, 0.717) is 35.8 Å². The van der Waals surface area contributed by atoms with Crippen LogP contribution in [0.15, 0.2) is 145 Å². The maximum absolute atomic E-state index is 15.4. The largest absolute Gasteiger partial charge is 0.459 e. The Hall–Kier alpha value is -6.54. The fraction of sp³-hybridized carbons (Fsp3) is 0.469. The van der Waals surface area contributed by atoms with E-state index in [2.05, 4.69) is 43.8 Å². The predicted molar refractivity (Wildman–Crippen MR) is 302 cm³/mol. The number of hydrogen-bond donors (Lipinski definition) is 2. The quantitative estimate of drug-likeness (QED) is 0.0189. The molecular weight excluding hydrogens is 971 g/mol. The van der Waals surface area contributed by atoms with E-state index < -0.39 is 28.8 Å². The first-order chi connectivity index (χ1) is 37.8. The second-order valence-electron chi connectivity index (χ2n) is 21.0. The van der Waals surface area contributed by atoms with E-state index in [0.717, 1.165) is 84.4 Å². The minimum atomic E-state index is -1.54. The Morgan fingerprint density at radius 3 is 2.27 bits per heavy atom. The van der Waals surface area contributed by atoms with Crippen LogP contribution < -0.4 is 9.47 Å². The van der Waals surface area contributed by atoms with E-state index in [-0.39, 0.29) is 69.4 Å². The average molecular weight is 1050 g/mol. The summed E-state index contributed by atoms with van der Waals surface area (Å²) in [5.41, 5.74) is 4.22. The summed E-state index contributed by atoms with van der Waals surface area (Å²) in [6, 6.07) is 35.2. The number of nitro groups is 1. The summed E-state index contributed by atoms with van der Waals surface area (Å²) in [4.78, 5) is 35.0. The molecule has 3 aliphatic rings. The summed E-state index contributed by atoms with van der Waals surface area (Å²) < 4.78 is 27.7. The first-order valence-corrected chi connectivity index (χ1v) is 28.3. The van der Waals surface area contributed by atoms with Crippen molar-refractivity contribution in [2.45, 2.75) is 147 Å². The Bertz CT molecular complexity index is 2760. The summed E-state index contributed by atoms with van der Waals surface area (Å²) in [6.07, 6.45) is 19.6. The summed E-state index contributed by atoms with van der Waals surface area (Å²) in [5, 5.41) is 39.2. The number of hydrogen-bond acceptors (Lipinski definition) is 11. The average Bonchev–Trinajstić information content (AvgIpc) is 3.57. The number of rotatable bonds is 31. The Labute approximate surface area is 455 Å². The van der Waals surface area contributed by atoms with E-state index >= 15 is 4.79 Å². The van der Waals surface area contributed by atoms with Gasteiger partial charge in [0, 0.05) is 37.2 Å². The number of aliphatic hydroxyl groups is 2. The number of carbonyl (C=O) groups is 1. The van der Waals surface area contributed by atoms with Gasteiger partial charge in [0.1, 0.15) is 29.9 Å². The highest BCUT2D eigenvalue weighted by Crippen LogP contribution is 2.62. The maximum Gasteiger partial charge on any atom is 0.410 e. The van der Waals surface area contributed by atoms with Crippen molar-refractivity contribution >= 4 is 28.3 Å². The second-order valence-corrected chi connectivity index (χ2v) is 21.0. The molecule has 1 amide bonds. The molecule has 0 radical (unpaired) electrons. The van der Waals surface area contributed by atoms with Crippen LogP contribution in [0.3, 0.4) is 0 Å². The highest BCUT2D eigenvalue weighted by atomic mass is 16.7. The first-order valence-electron chi connectivity index (χ1n) is 28.3. The molecule has 0 saturated heterocycles. The summed E-state index contributed by atoms with van der Waals surface area (Å²) in [7, 11) is 0. The molecule has 2 aliphatic carbocycles. The number of carbonyl (C=O) groups excluding carboxylic acids is 1. The zero-order valence-electron chi connectivity index (χ0n) is 45.0. The minimum Gasteiger partial charge on any atom is -0.459 e. The molecule has 1 saturated carbocycles. The fourth-order valence-electron chi connectivity index (χ4n) is 12.0. The van der Waals surface area contributed by atoms with Gasteiger partial charge >= 0.3 is 6.09 Å². The third-order valence-electron chi connectivity index (χ3n) is 15.7. The number of ether oxygens (including phenoxy) is 4. The lowest BCUT2D eigenvalue weighted by Crippen LogP contribution is -2.70. The molecular formula is C64H79N3O10. The number of benzene rings is 5. The van der Waals surface area contributed by atoms with E-state index in [4.69, 9.17) is 28.9 Å². The second kappa shape index (κ2) is 28.7. The molecule has 6 atom stereocenters. The van der Waals surface area contributed by atoms with E-state index in [1.54, 1.807) is 29.2 Å². The highest BCUT2D eigenvalue weighted by molar-refractivity contribution is 6.03. The minimum absolute atomic E-state index is 0.00502. The topological polar surface area (TPSA) is 162 Å². The van der Waals surface area contributed by atoms with E-state index in [1.165, 1.54) is 50.7 Å². The number of nitrogens with zero attached hydrogens (tertiary/aromatic N) is 3. The zero-order chi connectivity index (χ0) is 53.8. The molecule has 13 nitrogen and oxygen atoms in total. The smallest absolute Gasteiger partial charge is 0.410 e. The summed E-state index contributed by atoms with van der Waals surface area (Å²) in [5.74, 6) is -1.17.